The average Bonchev–Trinajstić information content (AvgIpc) is 3.32. The van der Waals surface area contributed by atoms with Crippen LogP contribution in [0, 0.1) is 0 Å². The van der Waals surface area contributed by atoms with Crippen LogP contribution in [0.1, 0.15) is 29.8 Å². The highest BCUT2D eigenvalue weighted by Gasteiger charge is 2.24. The summed E-state index contributed by atoms with van der Waals surface area (Å²) in [4.78, 5) is 20.0. The standard InChI is InChI=1S/C27H34N6O2/c1-31-14-6-8-20(31)12-13-28-27(34)25-23-10-3-4-11-24(23)26(30-29-25)33-17-15-32(16-18-33)21-7-5-9-22(19-21)35-2/h3-5,7,9-11,19-20H,6,8,12-18H2,1-2H3,(H,28,34)/t20-/m0/s1. The van der Waals surface area contributed by atoms with Gasteiger partial charge in [-0.25, -0.2) is 0 Å². The maximum atomic E-state index is 13.0. The Hall–Kier alpha value is -3.39. The van der Waals surface area contributed by atoms with Gasteiger partial charge in [0.1, 0.15) is 5.75 Å². The Morgan fingerprint density at radius 1 is 1.00 bits per heavy atom. The number of nitrogens with zero attached hydrogens (tertiary/aromatic N) is 5. The van der Waals surface area contributed by atoms with E-state index in [0.29, 0.717) is 18.3 Å². The van der Waals surface area contributed by atoms with Gasteiger partial charge < -0.3 is 24.8 Å². The second-order valence-corrected chi connectivity index (χ2v) is 9.41. The number of anilines is 2. The van der Waals surface area contributed by atoms with Crippen LogP contribution >= 0.6 is 0 Å². The molecule has 2 aliphatic heterocycles. The molecule has 3 aromatic rings. The zero-order valence-corrected chi connectivity index (χ0v) is 20.6. The van der Waals surface area contributed by atoms with E-state index >= 15 is 0 Å². The molecule has 1 amide bonds. The molecule has 2 saturated heterocycles. The molecule has 0 unspecified atom stereocenters. The van der Waals surface area contributed by atoms with Crippen LogP contribution in [0.25, 0.3) is 10.8 Å². The predicted molar refractivity (Wildman–Crippen MR) is 140 cm³/mol. The first kappa shape index (κ1) is 23.4. The van der Waals surface area contributed by atoms with E-state index in [2.05, 4.69) is 49.4 Å². The number of carbonyl (C=O) groups is 1. The summed E-state index contributed by atoms with van der Waals surface area (Å²) < 4.78 is 5.38. The number of fused-ring (bicyclic) bond motifs is 1. The number of hydrogen-bond donors (Lipinski definition) is 1. The van der Waals surface area contributed by atoms with Crippen molar-refractivity contribution < 1.29 is 9.53 Å². The molecule has 2 aliphatic rings. The SMILES string of the molecule is COc1cccc(N2CCN(c3nnc(C(=O)NCC[C@@H]4CCCN4C)c4ccccc34)CC2)c1. The van der Waals surface area contributed by atoms with Crippen LogP contribution in [-0.2, 0) is 0 Å². The maximum absolute atomic E-state index is 13.0. The molecule has 0 saturated carbocycles. The molecule has 1 atom stereocenters. The zero-order valence-electron chi connectivity index (χ0n) is 20.6. The van der Waals surface area contributed by atoms with Crippen molar-refractivity contribution in [2.24, 2.45) is 0 Å². The highest BCUT2D eigenvalue weighted by atomic mass is 16.5. The lowest BCUT2D eigenvalue weighted by molar-refractivity contribution is 0.0946. The third-order valence-electron chi connectivity index (χ3n) is 7.32. The lowest BCUT2D eigenvalue weighted by atomic mass is 10.1. The van der Waals surface area contributed by atoms with Crippen molar-refractivity contribution in [1.29, 1.82) is 0 Å². The fourth-order valence-electron chi connectivity index (χ4n) is 5.25. The largest absolute Gasteiger partial charge is 0.497 e. The topological polar surface area (TPSA) is 73.8 Å². The first-order chi connectivity index (χ1) is 17.1. The molecule has 2 aromatic carbocycles. The van der Waals surface area contributed by atoms with Crippen LogP contribution in [0.2, 0.25) is 0 Å². The summed E-state index contributed by atoms with van der Waals surface area (Å²) in [5.41, 5.74) is 1.56. The van der Waals surface area contributed by atoms with Gasteiger partial charge in [-0.15, -0.1) is 10.2 Å². The smallest absolute Gasteiger partial charge is 0.272 e. The van der Waals surface area contributed by atoms with Gasteiger partial charge in [-0.05, 0) is 45.0 Å². The van der Waals surface area contributed by atoms with E-state index < -0.39 is 0 Å². The number of benzene rings is 2. The number of likely N-dealkylation sites (tertiary alicyclic amines) is 1. The van der Waals surface area contributed by atoms with Crippen LogP contribution in [0.3, 0.4) is 0 Å². The van der Waals surface area contributed by atoms with E-state index in [0.717, 1.165) is 67.2 Å². The van der Waals surface area contributed by atoms with Crippen molar-refractivity contribution in [2.75, 3.05) is 63.2 Å². The van der Waals surface area contributed by atoms with Crippen LogP contribution in [0.5, 0.6) is 5.75 Å². The van der Waals surface area contributed by atoms with Crippen molar-refractivity contribution in [2.45, 2.75) is 25.3 Å². The highest BCUT2D eigenvalue weighted by molar-refractivity contribution is 6.07. The second kappa shape index (κ2) is 10.5. The molecule has 0 aliphatic carbocycles. The van der Waals surface area contributed by atoms with E-state index in [1.54, 1.807) is 7.11 Å². The molecule has 0 bridgehead atoms. The minimum Gasteiger partial charge on any atom is -0.497 e. The molecule has 8 heteroatoms. The van der Waals surface area contributed by atoms with Gasteiger partial charge in [-0.3, -0.25) is 4.79 Å². The number of piperazine rings is 1. The highest BCUT2D eigenvalue weighted by Crippen LogP contribution is 2.28. The van der Waals surface area contributed by atoms with Crippen molar-refractivity contribution in [3.63, 3.8) is 0 Å². The lowest BCUT2D eigenvalue weighted by Gasteiger charge is -2.37. The normalized spacial score (nSPS) is 18.7. The van der Waals surface area contributed by atoms with Crippen molar-refractivity contribution in [3.05, 3.63) is 54.2 Å². The number of aromatic nitrogens is 2. The Balaban J connectivity index is 1.28. The summed E-state index contributed by atoms with van der Waals surface area (Å²) >= 11 is 0. The Labute approximate surface area is 206 Å². The molecule has 2 fully saturated rings. The van der Waals surface area contributed by atoms with E-state index in [-0.39, 0.29) is 5.91 Å². The minimum absolute atomic E-state index is 0.149. The quantitative estimate of drug-likeness (QED) is 0.564. The van der Waals surface area contributed by atoms with E-state index in [1.165, 1.54) is 12.8 Å². The molecule has 5 rings (SSSR count). The molecule has 3 heterocycles. The van der Waals surface area contributed by atoms with Gasteiger partial charge in [0.05, 0.1) is 7.11 Å². The Bertz CT molecular complexity index is 1180. The summed E-state index contributed by atoms with van der Waals surface area (Å²) in [7, 11) is 3.85. The zero-order chi connectivity index (χ0) is 24.2. The Morgan fingerprint density at radius 3 is 2.51 bits per heavy atom. The third kappa shape index (κ3) is 5.03. The number of nitrogens with one attached hydrogen (secondary N) is 1. The van der Waals surface area contributed by atoms with Crippen molar-refractivity contribution in [3.8, 4) is 5.75 Å². The van der Waals surface area contributed by atoms with E-state index in [4.69, 9.17) is 4.74 Å². The van der Waals surface area contributed by atoms with Crippen LogP contribution in [0.15, 0.2) is 48.5 Å². The van der Waals surface area contributed by atoms with Gasteiger partial charge in [0.15, 0.2) is 11.5 Å². The molecule has 1 N–H and O–H groups in total. The number of methoxy groups -OCH3 is 1. The summed E-state index contributed by atoms with van der Waals surface area (Å²) in [6, 6.07) is 16.7. The number of rotatable bonds is 7. The summed E-state index contributed by atoms with van der Waals surface area (Å²) in [6.07, 6.45) is 3.40. The molecule has 8 nitrogen and oxygen atoms in total. The van der Waals surface area contributed by atoms with Crippen molar-refractivity contribution >= 4 is 28.2 Å². The molecular weight excluding hydrogens is 440 g/mol. The number of carbonyl (C=O) groups excluding carboxylic acids is 1. The van der Waals surface area contributed by atoms with Gasteiger partial charge in [-0.1, -0.05) is 30.3 Å². The van der Waals surface area contributed by atoms with E-state index in [9.17, 15) is 4.79 Å². The summed E-state index contributed by atoms with van der Waals surface area (Å²) in [5.74, 6) is 1.56. The van der Waals surface area contributed by atoms with Crippen molar-refractivity contribution in [1.82, 2.24) is 20.4 Å². The minimum atomic E-state index is -0.149. The molecular formula is C27H34N6O2. The first-order valence-corrected chi connectivity index (χ1v) is 12.5. The van der Waals surface area contributed by atoms with Crippen LogP contribution in [-0.4, -0.2) is 80.5 Å². The van der Waals surface area contributed by atoms with Gasteiger partial charge in [0.25, 0.3) is 5.91 Å². The predicted octanol–water partition coefficient (Wildman–Crippen LogP) is 3.18. The monoisotopic (exact) mass is 474 g/mol. The summed E-state index contributed by atoms with van der Waals surface area (Å²) in [6.45, 7) is 5.20. The maximum Gasteiger partial charge on any atom is 0.272 e. The Kier molecular flexibility index (Phi) is 6.99. The molecule has 184 valence electrons. The van der Waals surface area contributed by atoms with Gasteiger partial charge >= 0.3 is 0 Å². The molecule has 35 heavy (non-hydrogen) atoms. The van der Waals surface area contributed by atoms with Crippen LogP contribution in [0.4, 0.5) is 11.5 Å². The molecule has 1 aromatic heterocycles. The third-order valence-corrected chi connectivity index (χ3v) is 7.32. The average molecular weight is 475 g/mol. The second-order valence-electron chi connectivity index (χ2n) is 9.41. The van der Waals surface area contributed by atoms with E-state index in [1.807, 2.05) is 36.4 Å². The van der Waals surface area contributed by atoms with Crippen LogP contribution < -0.4 is 19.9 Å². The fraction of sp³-hybridized carbons (Fsp3) is 0.444. The lowest BCUT2D eigenvalue weighted by Crippen LogP contribution is -2.47. The molecule has 0 radical (unpaired) electrons. The fourth-order valence-corrected chi connectivity index (χ4v) is 5.25. The summed E-state index contributed by atoms with van der Waals surface area (Å²) in [5, 5.41) is 13.8. The molecule has 0 spiro atoms. The van der Waals surface area contributed by atoms with Gasteiger partial charge in [-0.2, -0.15) is 0 Å². The number of hydrogen-bond acceptors (Lipinski definition) is 7. The number of ether oxygens (including phenoxy) is 1. The first-order valence-electron chi connectivity index (χ1n) is 12.5. The van der Waals surface area contributed by atoms with Gasteiger partial charge in [0, 0.05) is 61.3 Å². The van der Waals surface area contributed by atoms with Gasteiger partial charge in [0.2, 0.25) is 0 Å². The Morgan fingerprint density at radius 2 is 1.77 bits per heavy atom. The number of amides is 1.